The summed E-state index contributed by atoms with van der Waals surface area (Å²) in [6.45, 7) is 0. The van der Waals surface area contributed by atoms with Crippen molar-refractivity contribution in [1.29, 1.82) is 0 Å². The number of anilines is 1. The van der Waals surface area contributed by atoms with Crippen LogP contribution in [0.2, 0.25) is 0 Å². The Labute approximate surface area is 160 Å². The number of rotatable bonds is 6. The highest BCUT2D eigenvalue weighted by Crippen LogP contribution is 2.22. The molecule has 4 rings (SSSR count). The van der Waals surface area contributed by atoms with Gasteiger partial charge in [0.05, 0.1) is 6.26 Å². The van der Waals surface area contributed by atoms with E-state index in [1.165, 1.54) is 12.4 Å². The molecule has 0 saturated heterocycles. The van der Waals surface area contributed by atoms with Crippen LogP contribution in [0.4, 0.5) is 5.69 Å². The number of furan rings is 1. The maximum absolute atomic E-state index is 11.9. The van der Waals surface area contributed by atoms with Crippen molar-refractivity contribution in [2.24, 2.45) is 0 Å². The van der Waals surface area contributed by atoms with Crippen LogP contribution in [0.1, 0.15) is 5.76 Å². The fourth-order valence-corrected chi connectivity index (χ4v) is 2.47. The summed E-state index contributed by atoms with van der Waals surface area (Å²) >= 11 is 0. The molecule has 138 valence electrons. The van der Waals surface area contributed by atoms with Crippen LogP contribution < -0.4 is 10.1 Å². The summed E-state index contributed by atoms with van der Waals surface area (Å²) < 4.78 is 12.8. The topological polar surface area (TPSA) is 82.2 Å². The Bertz CT molecular complexity index is 1070. The fourth-order valence-electron chi connectivity index (χ4n) is 2.47. The highest BCUT2D eigenvalue weighted by molar-refractivity contribution is 6.01. The lowest BCUT2D eigenvalue weighted by Crippen LogP contribution is -2.07. The van der Waals surface area contributed by atoms with Crippen LogP contribution in [0.15, 0.2) is 90.1 Å². The van der Waals surface area contributed by atoms with E-state index in [0.29, 0.717) is 28.9 Å². The molecule has 7 nitrogen and oxygen atoms in total. The third kappa shape index (κ3) is 4.34. The standard InChI is InChI=1S/C21H16N4O3/c26-20(10-9-17-4-3-13-27-17)24-16-5-7-18(8-6-16)28-21-14-19(22-15-23-21)25-11-1-2-12-25/h1-15H,(H,24,26)/b10-9+. The number of carbonyl (C=O) groups is 1. The van der Waals surface area contributed by atoms with E-state index in [0.717, 1.165) is 0 Å². The molecule has 1 N–H and O–H groups in total. The molecule has 0 unspecified atom stereocenters. The minimum atomic E-state index is -0.253. The number of nitrogens with one attached hydrogen (secondary N) is 1. The number of ether oxygens (including phenoxy) is 1. The molecular formula is C21H16N4O3. The molecule has 0 bridgehead atoms. The Morgan fingerprint density at radius 1 is 1.07 bits per heavy atom. The van der Waals surface area contributed by atoms with Crippen molar-refractivity contribution in [1.82, 2.24) is 14.5 Å². The fraction of sp³-hybridized carbons (Fsp3) is 0. The number of nitrogens with zero attached hydrogens (tertiary/aromatic N) is 3. The van der Waals surface area contributed by atoms with Gasteiger partial charge >= 0.3 is 0 Å². The van der Waals surface area contributed by atoms with Gasteiger partial charge in [-0.2, -0.15) is 0 Å². The number of hydrogen-bond donors (Lipinski definition) is 1. The summed E-state index contributed by atoms with van der Waals surface area (Å²) in [6.07, 6.45) is 9.80. The van der Waals surface area contributed by atoms with Crippen molar-refractivity contribution >= 4 is 17.7 Å². The van der Waals surface area contributed by atoms with Gasteiger partial charge in [0.25, 0.3) is 0 Å². The summed E-state index contributed by atoms with van der Waals surface area (Å²) in [6, 6.07) is 16.1. The predicted octanol–water partition coefficient (Wildman–Crippen LogP) is 4.30. The summed E-state index contributed by atoms with van der Waals surface area (Å²) in [4.78, 5) is 20.3. The van der Waals surface area contributed by atoms with E-state index in [1.807, 2.05) is 29.1 Å². The zero-order valence-corrected chi connectivity index (χ0v) is 14.7. The van der Waals surface area contributed by atoms with E-state index in [2.05, 4.69) is 15.3 Å². The number of benzene rings is 1. The lowest BCUT2D eigenvalue weighted by Gasteiger charge is -2.08. The molecule has 0 aliphatic heterocycles. The number of amides is 1. The van der Waals surface area contributed by atoms with Gasteiger partial charge in [0.1, 0.15) is 23.7 Å². The predicted molar refractivity (Wildman–Crippen MR) is 104 cm³/mol. The molecule has 4 aromatic rings. The van der Waals surface area contributed by atoms with Crippen LogP contribution in [-0.2, 0) is 4.79 Å². The molecule has 0 fully saturated rings. The molecule has 3 heterocycles. The van der Waals surface area contributed by atoms with Gasteiger partial charge in [0.15, 0.2) is 0 Å². The molecule has 0 spiro atoms. The minimum absolute atomic E-state index is 0.253. The van der Waals surface area contributed by atoms with E-state index in [9.17, 15) is 4.79 Å². The molecule has 0 aliphatic carbocycles. The lowest BCUT2D eigenvalue weighted by molar-refractivity contribution is -0.111. The van der Waals surface area contributed by atoms with Gasteiger partial charge in [-0.05, 0) is 54.6 Å². The van der Waals surface area contributed by atoms with Gasteiger partial charge in [0.2, 0.25) is 11.8 Å². The maximum atomic E-state index is 11.9. The van der Waals surface area contributed by atoms with Crippen LogP contribution in [0.5, 0.6) is 11.6 Å². The first-order chi connectivity index (χ1) is 13.8. The Kier molecular flexibility index (Phi) is 4.97. The van der Waals surface area contributed by atoms with Crippen LogP contribution in [0.3, 0.4) is 0 Å². The van der Waals surface area contributed by atoms with E-state index in [1.54, 1.807) is 54.8 Å². The Morgan fingerprint density at radius 3 is 2.64 bits per heavy atom. The number of aromatic nitrogens is 3. The molecule has 7 heteroatoms. The molecular weight excluding hydrogens is 356 g/mol. The van der Waals surface area contributed by atoms with Crippen molar-refractivity contribution < 1.29 is 13.9 Å². The zero-order chi connectivity index (χ0) is 19.2. The molecule has 0 aliphatic rings. The minimum Gasteiger partial charge on any atom is -0.465 e. The van der Waals surface area contributed by atoms with Crippen molar-refractivity contribution in [2.45, 2.75) is 0 Å². The maximum Gasteiger partial charge on any atom is 0.248 e. The first-order valence-corrected chi connectivity index (χ1v) is 8.52. The second kappa shape index (κ2) is 8.05. The van der Waals surface area contributed by atoms with Gasteiger partial charge < -0.3 is 19.0 Å². The summed E-state index contributed by atoms with van der Waals surface area (Å²) in [5, 5.41) is 2.77. The highest BCUT2D eigenvalue weighted by atomic mass is 16.5. The zero-order valence-electron chi connectivity index (χ0n) is 14.7. The van der Waals surface area contributed by atoms with E-state index < -0.39 is 0 Å². The van der Waals surface area contributed by atoms with E-state index >= 15 is 0 Å². The van der Waals surface area contributed by atoms with Gasteiger partial charge in [-0.25, -0.2) is 9.97 Å². The third-order valence-corrected chi connectivity index (χ3v) is 3.78. The van der Waals surface area contributed by atoms with Crippen molar-refractivity contribution in [3.63, 3.8) is 0 Å². The summed E-state index contributed by atoms with van der Waals surface area (Å²) in [5.41, 5.74) is 0.650. The van der Waals surface area contributed by atoms with Gasteiger partial charge in [-0.1, -0.05) is 0 Å². The van der Waals surface area contributed by atoms with E-state index in [-0.39, 0.29) is 5.91 Å². The molecule has 0 radical (unpaired) electrons. The highest BCUT2D eigenvalue weighted by Gasteiger charge is 2.04. The van der Waals surface area contributed by atoms with Crippen molar-refractivity contribution in [3.8, 4) is 17.4 Å². The van der Waals surface area contributed by atoms with Crippen LogP contribution in [0, 0.1) is 0 Å². The van der Waals surface area contributed by atoms with Crippen LogP contribution in [-0.4, -0.2) is 20.4 Å². The molecule has 28 heavy (non-hydrogen) atoms. The van der Waals surface area contributed by atoms with E-state index in [4.69, 9.17) is 9.15 Å². The van der Waals surface area contributed by atoms with Crippen molar-refractivity contribution in [2.75, 3.05) is 5.32 Å². The molecule has 1 aromatic carbocycles. The Balaban J connectivity index is 1.38. The Morgan fingerprint density at radius 2 is 1.89 bits per heavy atom. The van der Waals surface area contributed by atoms with Gasteiger partial charge in [0, 0.05) is 30.2 Å². The quantitative estimate of drug-likeness (QED) is 0.510. The average molecular weight is 372 g/mol. The average Bonchev–Trinajstić information content (AvgIpc) is 3.42. The van der Waals surface area contributed by atoms with Gasteiger partial charge in [-0.3, -0.25) is 4.79 Å². The van der Waals surface area contributed by atoms with Crippen LogP contribution >= 0.6 is 0 Å². The number of hydrogen-bond acceptors (Lipinski definition) is 5. The summed E-state index contributed by atoms with van der Waals surface area (Å²) in [5.74, 6) is 2.10. The lowest BCUT2D eigenvalue weighted by atomic mass is 10.3. The van der Waals surface area contributed by atoms with Crippen LogP contribution in [0.25, 0.3) is 11.9 Å². The molecule has 0 saturated carbocycles. The number of carbonyl (C=O) groups excluding carboxylic acids is 1. The summed E-state index contributed by atoms with van der Waals surface area (Å²) in [7, 11) is 0. The first kappa shape index (κ1) is 17.3. The van der Waals surface area contributed by atoms with Crippen molar-refractivity contribution in [3.05, 3.63) is 91.4 Å². The largest absolute Gasteiger partial charge is 0.465 e. The normalized spacial score (nSPS) is 10.9. The third-order valence-electron chi connectivity index (χ3n) is 3.78. The molecule has 3 aromatic heterocycles. The van der Waals surface area contributed by atoms with Gasteiger partial charge in [-0.15, -0.1) is 0 Å². The smallest absolute Gasteiger partial charge is 0.248 e. The first-order valence-electron chi connectivity index (χ1n) is 8.52. The Hall–Kier alpha value is -4.13. The molecule has 1 amide bonds. The second-order valence-electron chi connectivity index (χ2n) is 5.77. The SMILES string of the molecule is O=C(/C=C/c1ccco1)Nc1ccc(Oc2cc(-n3cccc3)ncn2)cc1. The molecule has 0 atom stereocenters. The monoisotopic (exact) mass is 372 g/mol. The second-order valence-corrected chi connectivity index (χ2v) is 5.77.